The highest BCUT2D eigenvalue weighted by atomic mass is 16.2. The first kappa shape index (κ1) is 17.2. The molecule has 0 radical (unpaired) electrons. The van der Waals surface area contributed by atoms with Crippen molar-refractivity contribution in [2.24, 2.45) is 17.8 Å². The van der Waals surface area contributed by atoms with Crippen molar-refractivity contribution in [3.8, 4) is 0 Å². The quantitative estimate of drug-likeness (QED) is 0.817. The summed E-state index contributed by atoms with van der Waals surface area (Å²) in [7, 11) is 0. The molecule has 0 aromatic heterocycles. The Kier molecular flexibility index (Phi) is 6.35. The molecule has 23 heavy (non-hydrogen) atoms. The Labute approximate surface area is 141 Å². The van der Waals surface area contributed by atoms with Gasteiger partial charge in [-0.25, -0.2) is 0 Å². The van der Waals surface area contributed by atoms with Gasteiger partial charge in [0.15, 0.2) is 0 Å². The fourth-order valence-electron chi connectivity index (χ4n) is 4.85. The predicted octanol–water partition coefficient (Wildman–Crippen LogP) is 2.39. The number of nitrogens with zero attached hydrogens (tertiary/aromatic N) is 1. The van der Waals surface area contributed by atoms with Gasteiger partial charge in [-0.2, -0.15) is 0 Å². The maximum absolute atomic E-state index is 12.1. The van der Waals surface area contributed by atoms with Gasteiger partial charge in [0, 0.05) is 19.6 Å². The van der Waals surface area contributed by atoms with Crippen molar-refractivity contribution in [3.05, 3.63) is 0 Å². The Morgan fingerprint density at radius 3 is 2.78 bits per heavy atom. The minimum Gasteiger partial charge on any atom is -0.354 e. The average Bonchev–Trinajstić information content (AvgIpc) is 3.07. The van der Waals surface area contributed by atoms with Gasteiger partial charge in [0.1, 0.15) is 0 Å². The van der Waals surface area contributed by atoms with Crippen molar-refractivity contribution in [1.82, 2.24) is 15.5 Å². The van der Waals surface area contributed by atoms with E-state index in [1.54, 1.807) is 0 Å². The third-order valence-corrected chi connectivity index (χ3v) is 6.11. The largest absolute Gasteiger partial charge is 0.354 e. The highest BCUT2D eigenvalue weighted by Gasteiger charge is 2.27. The summed E-state index contributed by atoms with van der Waals surface area (Å²) < 4.78 is 0. The molecule has 0 spiro atoms. The lowest BCUT2D eigenvalue weighted by molar-refractivity contribution is -0.123. The number of rotatable bonds is 5. The second kappa shape index (κ2) is 8.48. The molecule has 4 nitrogen and oxygen atoms in total. The molecule has 2 N–H and O–H groups in total. The number of piperidine rings is 1. The Morgan fingerprint density at radius 2 is 2.00 bits per heavy atom. The zero-order chi connectivity index (χ0) is 16.1. The van der Waals surface area contributed by atoms with Crippen molar-refractivity contribution in [1.29, 1.82) is 0 Å². The van der Waals surface area contributed by atoms with E-state index in [-0.39, 0.29) is 11.9 Å². The van der Waals surface area contributed by atoms with E-state index in [1.165, 1.54) is 58.2 Å². The van der Waals surface area contributed by atoms with Gasteiger partial charge in [-0.15, -0.1) is 0 Å². The molecule has 2 aliphatic heterocycles. The van der Waals surface area contributed by atoms with E-state index in [2.05, 4.69) is 22.5 Å². The van der Waals surface area contributed by atoms with Gasteiger partial charge in [0.2, 0.25) is 5.91 Å². The Bertz CT molecular complexity index is 381. The molecular formula is C19H35N3O. The lowest BCUT2D eigenvalue weighted by Crippen LogP contribution is -2.46. The van der Waals surface area contributed by atoms with E-state index >= 15 is 0 Å². The minimum absolute atomic E-state index is 0.0680. The molecule has 2 saturated heterocycles. The summed E-state index contributed by atoms with van der Waals surface area (Å²) in [6, 6.07) is 0.0680. The lowest BCUT2D eigenvalue weighted by atomic mass is 9.82. The standard InChI is InChI=1S/C19H35N3O/c1-15-5-2-6-16(11-15)13-22-10-4-7-17(14-22)12-21-19(23)18-8-3-9-20-18/h15-18,20H,2-14H2,1H3,(H,21,23). The molecule has 0 aromatic carbocycles. The van der Waals surface area contributed by atoms with E-state index in [1.807, 2.05) is 0 Å². The van der Waals surface area contributed by atoms with E-state index in [0.29, 0.717) is 5.92 Å². The van der Waals surface area contributed by atoms with Crippen LogP contribution in [0, 0.1) is 17.8 Å². The van der Waals surface area contributed by atoms with Crippen LogP contribution in [-0.4, -0.2) is 49.6 Å². The SMILES string of the molecule is CC1CCCC(CN2CCCC(CNC(=O)C3CCCN3)C2)C1. The molecule has 0 aromatic rings. The van der Waals surface area contributed by atoms with Crippen LogP contribution in [0.15, 0.2) is 0 Å². The molecule has 2 heterocycles. The number of likely N-dealkylation sites (tertiary alicyclic amines) is 1. The van der Waals surface area contributed by atoms with Crippen molar-refractivity contribution < 1.29 is 4.79 Å². The fourth-order valence-corrected chi connectivity index (χ4v) is 4.85. The molecule has 1 saturated carbocycles. The maximum atomic E-state index is 12.1. The number of hydrogen-bond acceptors (Lipinski definition) is 3. The van der Waals surface area contributed by atoms with E-state index in [9.17, 15) is 4.79 Å². The molecule has 3 rings (SSSR count). The minimum atomic E-state index is 0.0680. The monoisotopic (exact) mass is 321 g/mol. The van der Waals surface area contributed by atoms with Gasteiger partial charge < -0.3 is 15.5 Å². The van der Waals surface area contributed by atoms with Crippen LogP contribution in [0.3, 0.4) is 0 Å². The average molecular weight is 322 g/mol. The molecule has 4 atom stereocenters. The van der Waals surface area contributed by atoms with Crippen molar-refractivity contribution in [2.45, 2.75) is 64.3 Å². The highest BCUT2D eigenvalue weighted by molar-refractivity contribution is 5.81. The van der Waals surface area contributed by atoms with Crippen molar-refractivity contribution in [2.75, 3.05) is 32.7 Å². The first-order valence-electron chi connectivity index (χ1n) is 9.94. The third kappa shape index (κ3) is 5.18. The van der Waals surface area contributed by atoms with Crippen LogP contribution in [0.4, 0.5) is 0 Å². The normalized spacial score (nSPS) is 36.0. The number of carbonyl (C=O) groups excluding carboxylic acids is 1. The van der Waals surface area contributed by atoms with Crippen LogP contribution in [0.5, 0.6) is 0 Å². The van der Waals surface area contributed by atoms with Crippen molar-refractivity contribution >= 4 is 5.91 Å². The molecule has 0 bridgehead atoms. The van der Waals surface area contributed by atoms with Gasteiger partial charge in [0.05, 0.1) is 6.04 Å². The summed E-state index contributed by atoms with van der Waals surface area (Å²) in [6.07, 6.45) is 10.4. The summed E-state index contributed by atoms with van der Waals surface area (Å²) >= 11 is 0. The van der Waals surface area contributed by atoms with Gasteiger partial charge >= 0.3 is 0 Å². The van der Waals surface area contributed by atoms with Crippen LogP contribution < -0.4 is 10.6 Å². The number of hydrogen-bond donors (Lipinski definition) is 2. The molecule has 3 fully saturated rings. The first-order valence-corrected chi connectivity index (χ1v) is 9.94. The second-order valence-electron chi connectivity index (χ2n) is 8.30. The molecule has 3 aliphatic rings. The third-order valence-electron chi connectivity index (χ3n) is 6.11. The molecule has 4 unspecified atom stereocenters. The van der Waals surface area contributed by atoms with Crippen LogP contribution >= 0.6 is 0 Å². The maximum Gasteiger partial charge on any atom is 0.237 e. The molecular weight excluding hydrogens is 286 g/mol. The van der Waals surface area contributed by atoms with Crippen LogP contribution in [0.25, 0.3) is 0 Å². The number of carbonyl (C=O) groups is 1. The summed E-state index contributed by atoms with van der Waals surface area (Å²) in [4.78, 5) is 14.8. The van der Waals surface area contributed by atoms with Crippen LogP contribution in [0.2, 0.25) is 0 Å². The zero-order valence-electron chi connectivity index (χ0n) is 14.9. The predicted molar refractivity (Wildman–Crippen MR) is 94.3 cm³/mol. The Morgan fingerprint density at radius 1 is 1.13 bits per heavy atom. The first-order chi connectivity index (χ1) is 11.2. The van der Waals surface area contributed by atoms with Crippen LogP contribution in [-0.2, 0) is 4.79 Å². The summed E-state index contributed by atoms with van der Waals surface area (Å²) in [5.74, 6) is 2.71. The number of nitrogens with one attached hydrogen (secondary N) is 2. The van der Waals surface area contributed by atoms with E-state index in [4.69, 9.17) is 0 Å². The second-order valence-corrected chi connectivity index (χ2v) is 8.30. The van der Waals surface area contributed by atoms with Gasteiger partial charge in [0.25, 0.3) is 0 Å². The molecule has 132 valence electrons. The Hall–Kier alpha value is -0.610. The fraction of sp³-hybridized carbons (Fsp3) is 0.947. The topological polar surface area (TPSA) is 44.4 Å². The highest BCUT2D eigenvalue weighted by Crippen LogP contribution is 2.30. The van der Waals surface area contributed by atoms with Crippen molar-refractivity contribution in [3.63, 3.8) is 0 Å². The van der Waals surface area contributed by atoms with Crippen LogP contribution in [0.1, 0.15) is 58.3 Å². The summed E-state index contributed by atoms with van der Waals surface area (Å²) in [5.41, 5.74) is 0. The van der Waals surface area contributed by atoms with Gasteiger partial charge in [-0.1, -0.05) is 19.8 Å². The summed E-state index contributed by atoms with van der Waals surface area (Å²) in [6.45, 7) is 8.02. The number of amides is 1. The lowest BCUT2D eigenvalue weighted by Gasteiger charge is -2.37. The molecule has 1 aliphatic carbocycles. The zero-order valence-corrected chi connectivity index (χ0v) is 14.9. The van der Waals surface area contributed by atoms with Gasteiger partial charge in [-0.05, 0) is 69.4 Å². The van der Waals surface area contributed by atoms with Gasteiger partial charge in [-0.3, -0.25) is 4.79 Å². The molecule has 1 amide bonds. The van der Waals surface area contributed by atoms with E-state index < -0.39 is 0 Å². The molecule has 4 heteroatoms. The smallest absolute Gasteiger partial charge is 0.237 e. The Balaban J connectivity index is 1.38. The van der Waals surface area contributed by atoms with E-state index in [0.717, 1.165) is 37.8 Å². The summed E-state index contributed by atoms with van der Waals surface area (Å²) in [5, 5.41) is 6.49.